The van der Waals surface area contributed by atoms with Crippen LogP contribution >= 0.6 is 0 Å². The Labute approximate surface area is 174 Å². The predicted octanol–water partition coefficient (Wildman–Crippen LogP) is 3.01. The Bertz CT molecular complexity index is 983. The molecule has 0 aromatic heterocycles. The van der Waals surface area contributed by atoms with Gasteiger partial charge in [-0.1, -0.05) is 18.2 Å². The van der Waals surface area contributed by atoms with Crippen molar-refractivity contribution in [3.05, 3.63) is 59.2 Å². The SMILES string of the molecule is COCCNS(=O)(=O)c1ccc(C)c(C(=O)NC(C)c2cccc(OC(F)F)c2)c1. The molecule has 2 aromatic carbocycles. The van der Waals surface area contributed by atoms with E-state index >= 15 is 0 Å². The molecule has 0 saturated carbocycles. The van der Waals surface area contributed by atoms with E-state index in [1.54, 1.807) is 32.0 Å². The molecule has 1 unspecified atom stereocenters. The molecular formula is C20H24F2N2O5S. The van der Waals surface area contributed by atoms with E-state index in [-0.39, 0.29) is 29.4 Å². The highest BCUT2D eigenvalue weighted by Crippen LogP contribution is 2.22. The lowest BCUT2D eigenvalue weighted by atomic mass is 10.1. The van der Waals surface area contributed by atoms with E-state index in [4.69, 9.17) is 4.74 Å². The summed E-state index contributed by atoms with van der Waals surface area (Å²) in [5.74, 6) is -0.510. The smallest absolute Gasteiger partial charge is 0.387 e. The minimum absolute atomic E-state index is 0.0185. The number of sulfonamides is 1. The van der Waals surface area contributed by atoms with Crippen LogP contribution in [0.3, 0.4) is 0 Å². The maximum atomic E-state index is 12.8. The van der Waals surface area contributed by atoms with E-state index in [2.05, 4.69) is 14.8 Å². The highest BCUT2D eigenvalue weighted by atomic mass is 32.2. The van der Waals surface area contributed by atoms with Crippen molar-refractivity contribution in [2.75, 3.05) is 20.3 Å². The van der Waals surface area contributed by atoms with Crippen LogP contribution in [0.15, 0.2) is 47.4 Å². The first kappa shape index (κ1) is 23.7. The van der Waals surface area contributed by atoms with Crippen LogP contribution < -0.4 is 14.8 Å². The van der Waals surface area contributed by atoms with Gasteiger partial charge in [-0.3, -0.25) is 4.79 Å². The van der Waals surface area contributed by atoms with Crippen LogP contribution in [-0.4, -0.2) is 41.2 Å². The summed E-state index contributed by atoms with van der Waals surface area (Å²) in [4.78, 5) is 12.7. The van der Waals surface area contributed by atoms with Gasteiger partial charge in [-0.2, -0.15) is 8.78 Å². The number of methoxy groups -OCH3 is 1. The monoisotopic (exact) mass is 442 g/mol. The number of rotatable bonds is 10. The van der Waals surface area contributed by atoms with Crippen molar-refractivity contribution in [1.82, 2.24) is 10.0 Å². The van der Waals surface area contributed by atoms with Gasteiger partial charge >= 0.3 is 6.61 Å². The van der Waals surface area contributed by atoms with Crippen molar-refractivity contribution >= 4 is 15.9 Å². The maximum absolute atomic E-state index is 12.8. The number of amides is 1. The van der Waals surface area contributed by atoms with Crippen molar-refractivity contribution in [1.29, 1.82) is 0 Å². The van der Waals surface area contributed by atoms with Gasteiger partial charge in [0.25, 0.3) is 5.91 Å². The van der Waals surface area contributed by atoms with Crippen LogP contribution in [0.5, 0.6) is 5.75 Å². The number of alkyl halides is 2. The third-order valence-electron chi connectivity index (χ3n) is 4.29. The van der Waals surface area contributed by atoms with Crippen LogP contribution in [-0.2, 0) is 14.8 Å². The molecule has 0 aliphatic carbocycles. The molecule has 0 fully saturated rings. The summed E-state index contributed by atoms with van der Waals surface area (Å²) in [6.45, 7) is 0.731. The van der Waals surface area contributed by atoms with Crippen LogP contribution in [0.1, 0.15) is 34.5 Å². The highest BCUT2D eigenvalue weighted by Gasteiger charge is 2.19. The lowest BCUT2D eigenvalue weighted by Gasteiger charge is -2.17. The quantitative estimate of drug-likeness (QED) is 0.552. The van der Waals surface area contributed by atoms with Crippen molar-refractivity contribution in [3.63, 3.8) is 0 Å². The third-order valence-corrected chi connectivity index (χ3v) is 5.75. The van der Waals surface area contributed by atoms with Gasteiger partial charge < -0.3 is 14.8 Å². The Morgan fingerprint density at radius 3 is 2.57 bits per heavy atom. The summed E-state index contributed by atoms with van der Waals surface area (Å²) < 4.78 is 61.2. The van der Waals surface area contributed by atoms with Gasteiger partial charge in [0.1, 0.15) is 5.75 Å². The molecule has 30 heavy (non-hydrogen) atoms. The first-order chi connectivity index (χ1) is 14.1. The third kappa shape index (κ3) is 6.48. The number of aryl methyl sites for hydroxylation is 1. The van der Waals surface area contributed by atoms with Crippen molar-refractivity contribution < 1.29 is 31.5 Å². The van der Waals surface area contributed by atoms with E-state index in [1.807, 2.05) is 0 Å². The Balaban J connectivity index is 2.18. The minimum atomic E-state index is -3.80. The minimum Gasteiger partial charge on any atom is -0.435 e. The standard InChI is InChI=1S/C20H24F2N2O5S/c1-13-7-8-17(30(26,27)23-9-10-28-3)12-18(13)19(25)24-14(2)15-5-4-6-16(11-15)29-20(21)22/h4-8,11-12,14,20,23H,9-10H2,1-3H3,(H,24,25). The topological polar surface area (TPSA) is 93.7 Å². The first-order valence-corrected chi connectivity index (χ1v) is 10.6. The lowest BCUT2D eigenvalue weighted by Crippen LogP contribution is -2.29. The average molecular weight is 442 g/mol. The molecule has 2 N–H and O–H groups in total. The number of ether oxygens (including phenoxy) is 2. The van der Waals surface area contributed by atoms with Crippen LogP contribution in [0, 0.1) is 6.92 Å². The van der Waals surface area contributed by atoms with Gasteiger partial charge in [-0.15, -0.1) is 0 Å². The second-order valence-corrected chi connectivity index (χ2v) is 8.28. The summed E-state index contributed by atoms with van der Waals surface area (Å²) in [5, 5.41) is 2.75. The number of benzene rings is 2. The van der Waals surface area contributed by atoms with Gasteiger partial charge in [0.2, 0.25) is 10.0 Å². The van der Waals surface area contributed by atoms with Crippen molar-refractivity contribution in [2.24, 2.45) is 0 Å². The van der Waals surface area contributed by atoms with E-state index < -0.39 is 28.6 Å². The molecule has 1 atom stereocenters. The molecule has 0 aliphatic rings. The molecule has 0 heterocycles. The molecule has 1 amide bonds. The number of hydrogen-bond acceptors (Lipinski definition) is 5. The largest absolute Gasteiger partial charge is 0.435 e. The molecule has 2 aromatic rings. The molecule has 0 aliphatic heterocycles. The Morgan fingerprint density at radius 2 is 1.90 bits per heavy atom. The molecule has 0 radical (unpaired) electrons. The highest BCUT2D eigenvalue weighted by molar-refractivity contribution is 7.89. The van der Waals surface area contributed by atoms with Gasteiger partial charge in [-0.05, 0) is 49.2 Å². The second kappa shape index (κ2) is 10.5. The zero-order valence-corrected chi connectivity index (χ0v) is 17.6. The van der Waals surface area contributed by atoms with E-state index in [1.165, 1.54) is 31.4 Å². The molecule has 0 spiro atoms. The molecule has 164 valence electrons. The number of hydrogen-bond donors (Lipinski definition) is 2. The summed E-state index contributed by atoms with van der Waals surface area (Å²) in [5.41, 5.74) is 1.34. The lowest BCUT2D eigenvalue weighted by molar-refractivity contribution is -0.0499. The zero-order valence-electron chi connectivity index (χ0n) is 16.8. The number of nitrogens with one attached hydrogen (secondary N) is 2. The van der Waals surface area contributed by atoms with Crippen LogP contribution in [0.2, 0.25) is 0 Å². The molecule has 2 rings (SSSR count). The summed E-state index contributed by atoms with van der Waals surface area (Å²) >= 11 is 0. The molecule has 0 bridgehead atoms. The fourth-order valence-corrected chi connectivity index (χ4v) is 3.73. The summed E-state index contributed by atoms with van der Waals surface area (Å²) in [6, 6.07) is 9.72. The van der Waals surface area contributed by atoms with Crippen molar-refractivity contribution in [2.45, 2.75) is 31.4 Å². The van der Waals surface area contributed by atoms with E-state index in [0.717, 1.165) is 0 Å². The number of carbonyl (C=O) groups is 1. The predicted molar refractivity (Wildman–Crippen MR) is 107 cm³/mol. The molecule has 10 heteroatoms. The Kier molecular flexibility index (Phi) is 8.27. The van der Waals surface area contributed by atoms with Crippen LogP contribution in [0.4, 0.5) is 8.78 Å². The number of carbonyl (C=O) groups excluding carboxylic acids is 1. The normalized spacial score (nSPS) is 12.6. The summed E-state index contributed by atoms with van der Waals surface area (Å²) in [7, 11) is -2.34. The summed E-state index contributed by atoms with van der Waals surface area (Å²) in [6.07, 6.45) is 0. The second-order valence-electron chi connectivity index (χ2n) is 6.51. The number of halogens is 2. The fraction of sp³-hybridized carbons (Fsp3) is 0.350. The van der Waals surface area contributed by atoms with E-state index in [0.29, 0.717) is 11.1 Å². The zero-order chi connectivity index (χ0) is 22.3. The molecule has 0 saturated heterocycles. The van der Waals surface area contributed by atoms with Gasteiger partial charge in [0.15, 0.2) is 0 Å². The average Bonchev–Trinajstić information content (AvgIpc) is 2.67. The Hall–Kier alpha value is -2.56. The van der Waals surface area contributed by atoms with Gasteiger partial charge in [-0.25, -0.2) is 13.1 Å². The first-order valence-electron chi connectivity index (χ1n) is 9.09. The molecular weight excluding hydrogens is 418 g/mol. The van der Waals surface area contributed by atoms with Crippen LogP contribution in [0.25, 0.3) is 0 Å². The fourth-order valence-electron chi connectivity index (χ4n) is 2.69. The van der Waals surface area contributed by atoms with Crippen molar-refractivity contribution in [3.8, 4) is 5.75 Å². The van der Waals surface area contributed by atoms with E-state index in [9.17, 15) is 22.0 Å². The Morgan fingerprint density at radius 1 is 1.17 bits per heavy atom. The van der Waals surface area contributed by atoms with Gasteiger partial charge in [0, 0.05) is 19.2 Å². The van der Waals surface area contributed by atoms with Gasteiger partial charge in [0.05, 0.1) is 17.5 Å². The maximum Gasteiger partial charge on any atom is 0.387 e. The molecule has 7 nitrogen and oxygen atoms in total.